The fourth-order valence-electron chi connectivity index (χ4n) is 0.676. The van der Waals surface area contributed by atoms with E-state index in [1.807, 2.05) is 6.92 Å². The predicted molar refractivity (Wildman–Crippen MR) is 63.2 cm³/mol. The fourth-order valence-corrected chi connectivity index (χ4v) is 0.676. The minimum absolute atomic E-state index is 0.833. The standard InChI is InChI=1S/C7H10O.C4H10.C2H2/c1-3-7-4-6(2)5-8-7;1-4(2)3;1-2/h4-5H,3H2,1-2H3;4H,1-3H3;1-2H. The maximum atomic E-state index is 5.11. The molecular weight excluding hydrogens is 172 g/mol. The highest BCUT2D eigenvalue weighted by Gasteiger charge is 1.91. The normalized spacial score (nSPS) is 8.29. The van der Waals surface area contributed by atoms with Crippen molar-refractivity contribution in [3.63, 3.8) is 0 Å². The van der Waals surface area contributed by atoms with Gasteiger partial charge in [0.1, 0.15) is 5.76 Å². The molecule has 0 radical (unpaired) electrons. The summed E-state index contributed by atoms with van der Waals surface area (Å²) in [5.74, 6) is 1.91. The molecule has 0 saturated heterocycles. The van der Waals surface area contributed by atoms with Gasteiger partial charge in [0, 0.05) is 6.42 Å². The molecule has 0 amide bonds. The highest BCUT2D eigenvalue weighted by atomic mass is 16.3. The molecule has 0 saturated carbocycles. The predicted octanol–water partition coefficient (Wildman–Crippen LogP) is 4.06. The van der Waals surface area contributed by atoms with Crippen LogP contribution >= 0.6 is 0 Å². The van der Waals surface area contributed by atoms with Gasteiger partial charge in [-0.3, -0.25) is 0 Å². The number of aryl methyl sites for hydroxylation is 2. The summed E-state index contributed by atoms with van der Waals surface area (Å²) < 4.78 is 5.11. The van der Waals surface area contributed by atoms with Crippen molar-refractivity contribution < 1.29 is 4.42 Å². The summed E-state index contributed by atoms with van der Waals surface area (Å²) in [7, 11) is 0. The van der Waals surface area contributed by atoms with Crippen molar-refractivity contribution in [1.29, 1.82) is 0 Å². The molecule has 1 nitrogen and oxygen atoms in total. The highest BCUT2D eigenvalue weighted by Crippen LogP contribution is 2.05. The monoisotopic (exact) mass is 194 g/mol. The fraction of sp³-hybridized carbons (Fsp3) is 0.538. The van der Waals surface area contributed by atoms with Gasteiger partial charge in [-0.25, -0.2) is 0 Å². The molecule has 0 bridgehead atoms. The quantitative estimate of drug-likeness (QED) is 0.614. The average Bonchev–Trinajstić information content (AvgIpc) is 2.54. The topological polar surface area (TPSA) is 13.1 Å². The Bertz CT molecular complexity index is 228. The van der Waals surface area contributed by atoms with Gasteiger partial charge in [0.15, 0.2) is 0 Å². The maximum absolute atomic E-state index is 5.11. The summed E-state index contributed by atoms with van der Waals surface area (Å²) in [6.07, 6.45) is 10.8. The molecule has 1 aromatic heterocycles. The summed E-state index contributed by atoms with van der Waals surface area (Å²) in [4.78, 5) is 0. The first-order chi connectivity index (χ1) is 6.56. The molecule has 0 aromatic carbocycles. The molecule has 0 fully saturated rings. The van der Waals surface area contributed by atoms with Crippen LogP contribution in [0.4, 0.5) is 0 Å². The number of furan rings is 1. The van der Waals surface area contributed by atoms with Gasteiger partial charge < -0.3 is 4.42 Å². The van der Waals surface area contributed by atoms with Crippen molar-refractivity contribution in [3.8, 4) is 12.8 Å². The lowest BCUT2D eigenvalue weighted by atomic mass is 10.3. The van der Waals surface area contributed by atoms with Crippen molar-refractivity contribution >= 4 is 0 Å². The van der Waals surface area contributed by atoms with Crippen LogP contribution in [0.2, 0.25) is 0 Å². The van der Waals surface area contributed by atoms with E-state index in [4.69, 9.17) is 4.42 Å². The highest BCUT2D eigenvalue weighted by molar-refractivity contribution is 5.09. The summed E-state index contributed by atoms with van der Waals surface area (Å²) in [5.41, 5.74) is 1.21. The third-order valence-corrected chi connectivity index (χ3v) is 1.13. The Hall–Kier alpha value is -1.16. The summed E-state index contributed by atoms with van der Waals surface area (Å²) >= 11 is 0. The summed E-state index contributed by atoms with van der Waals surface area (Å²) in [6.45, 7) is 10.6. The first kappa shape index (κ1) is 15.3. The van der Waals surface area contributed by atoms with E-state index in [2.05, 4.69) is 46.6 Å². The second-order valence-electron chi connectivity index (χ2n) is 3.68. The zero-order chi connectivity index (χ0) is 11.6. The van der Waals surface area contributed by atoms with Crippen LogP contribution in [-0.2, 0) is 6.42 Å². The molecule has 0 spiro atoms. The lowest BCUT2D eigenvalue weighted by molar-refractivity contribution is 0.515. The van der Waals surface area contributed by atoms with Crippen molar-refractivity contribution in [2.75, 3.05) is 0 Å². The lowest BCUT2D eigenvalue weighted by Gasteiger charge is -1.79. The molecule has 0 aliphatic carbocycles. The Kier molecular flexibility index (Phi) is 10.9. The molecule has 0 atom stereocenters. The first-order valence-corrected chi connectivity index (χ1v) is 4.93. The molecule has 0 N–H and O–H groups in total. The number of terminal acetylenes is 1. The second kappa shape index (κ2) is 9.92. The molecule has 1 rings (SSSR count). The minimum atomic E-state index is 0.833. The van der Waals surface area contributed by atoms with Crippen LogP contribution in [0.25, 0.3) is 0 Å². The molecule has 1 heteroatoms. The van der Waals surface area contributed by atoms with Crippen LogP contribution in [0, 0.1) is 25.7 Å². The molecule has 80 valence electrons. The van der Waals surface area contributed by atoms with Crippen LogP contribution in [0.5, 0.6) is 0 Å². The molecule has 0 aliphatic rings. The smallest absolute Gasteiger partial charge is 0.103 e. The number of hydrogen-bond donors (Lipinski definition) is 0. The van der Waals surface area contributed by atoms with E-state index in [-0.39, 0.29) is 0 Å². The van der Waals surface area contributed by atoms with Gasteiger partial charge in [0.2, 0.25) is 0 Å². The Morgan fingerprint density at radius 1 is 1.29 bits per heavy atom. The van der Waals surface area contributed by atoms with Crippen LogP contribution in [0.1, 0.15) is 39.0 Å². The molecule has 0 aliphatic heterocycles. The van der Waals surface area contributed by atoms with Crippen molar-refractivity contribution in [1.82, 2.24) is 0 Å². The van der Waals surface area contributed by atoms with Crippen LogP contribution < -0.4 is 0 Å². The van der Waals surface area contributed by atoms with E-state index in [1.165, 1.54) is 5.56 Å². The Morgan fingerprint density at radius 3 is 1.86 bits per heavy atom. The molecule has 1 heterocycles. The number of rotatable bonds is 1. The van der Waals surface area contributed by atoms with Gasteiger partial charge in [0.25, 0.3) is 0 Å². The Labute approximate surface area is 88.5 Å². The van der Waals surface area contributed by atoms with E-state index < -0.39 is 0 Å². The summed E-state index contributed by atoms with van der Waals surface area (Å²) in [6, 6.07) is 2.06. The Morgan fingerprint density at radius 2 is 1.71 bits per heavy atom. The molecular formula is C13H22O. The van der Waals surface area contributed by atoms with E-state index in [0.29, 0.717) is 0 Å². The Balaban J connectivity index is 0. The minimum Gasteiger partial charge on any atom is -0.469 e. The van der Waals surface area contributed by atoms with E-state index >= 15 is 0 Å². The van der Waals surface area contributed by atoms with E-state index in [0.717, 1.165) is 18.1 Å². The second-order valence-corrected chi connectivity index (χ2v) is 3.68. The zero-order valence-electron chi connectivity index (χ0n) is 10.0. The van der Waals surface area contributed by atoms with E-state index in [9.17, 15) is 0 Å². The number of hydrogen-bond acceptors (Lipinski definition) is 1. The third kappa shape index (κ3) is 10.8. The van der Waals surface area contributed by atoms with Gasteiger partial charge in [-0.05, 0) is 24.5 Å². The van der Waals surface area contributed by atoms with Crippen molar-refractivity contribution in [3.05, 3.63) is 23.7 Å². The van der Waals surface area contributed by atoms with Crippen LogP contribution in [-0.4, -0.2) is 0 Å². The summed E-state index contributed by atoms with van der Waals surface area (Å²) in [5, 5.41) is 0. The third-order valence-electron chi connectivity index (χ3n) is 1.13. The average molecular weight is 194 g/mol. The van der Waals surface area contributed by atoms with Crippen LogP contribution in [0.3, 0.4) is 0 Å². The van der Waals surface area contributed by atoms with E-state index in [1.54, 1.807) is 6.26 Å². The molecule has 0 unspecified atom stereocenters. The SMILES string of the molecule is C#C.CC(C)C.CCc1cc(C)co1. The lowest BCUT2D eigenvalue weighted by Crippen LogP contribution is -1.67. The maximum Gasteiger partial charge on any atom is 0.103 e. The van der Waals surface area contributed by atoms with Crippen molar-refractivity contribution in [2.45, 2.75) is 41.0 Å². The molecule has 1 aromatic rings. The van der Waals surface area contributed by atoms with Gasteiger partial charge in [-0.15, -0.1) is 12.8 Å². The van der Waals surface area contributed by atoms with Gasteiger partial charge in [-0.2, -0.15) is 0 Å². The molecule has 14 heavy (non-hydrogen) atoms. The van der Waals surface area contributed by atoms with Gasteiger partial charge in [-0.1, -0.05) is 27.7 Å². The van der Waals surface area contributed by atoms with Crippen molar-refractivity contribution in [2.24, 2.45) is 5.92 Å². The van der Waals surface area contributed by atoms with Crippen LogP contribution in [0.15, 0.2) is 16.7 Å². The first-order valence-electron chi connectivity index (χ1n) is 4.93. The largest absolute Gasteiger partial charge is 0.469 e. The van der Waals surface area contributed by atoms with Gasteiger partial charge in [0.05, 0.1) is 6.26 Å². The van der Waals surface area contributed by atoms with Gasteiger partial charge >= 0.3 is 0 Å². The zero-order valence-corrected chi connectivity index (χ0v) is 10.0.